The maximum absolute atomic E-state index is 13.2. The molecule has 0 unspecified atom stereocenters. The lowest BCUT2D eigenvalue weighted by Gasteiger charge is -2.10. The topological polar surface area (TPSA) is 49.8 Å². The van der Waals surface area contributed by atoms with Crippen LogP contribution in [0.3, 0.4) is 0 Å². The Morgan fingerprint density at radius 2 is 1.95 bits per heavy atom. The molecular weight excluding hydrogens is 243 g/mol. The molecule has 0 amide bonds. The molecule has 0 aliphatic heterocycles. The van der Waals surface area contributed by atoms with Gasteiger partial charge in [0, 0.05) is 18.3 Å². The average molecular weight is 260 g/mol. The van der Waals surface area contributed by atoms with Gasteiger partial charge in [-0.2, -0.15) is 0 Å². The summed E-state index contributed by atoms with van der Waals surface area (Å²) in [7, 11) is 0. The van der Waals surface area contributed by atoms with Gasteiger partial charge in [-0.1, -0.05) is 13.0 Å². The van der Waals surface area contributed by atoms with Crippen LogP contribution in [-0.4, -0.2) is 16.5 Å². The summed E-state index contributed by atoms with van der Waals surface area (Å²) in [5.74, 6) is 1.13. The molecule has 19 heavy (non-hydrogen) atoms. The van der Waals surface area contributed by atoms with E-state index < -0.39 is 0 Å². The van der Waals surface area contributed by atoms with Crippen molar-refractivity contribution in [3.05, 3.63) is 42.0 Å². The van der Waals surface area contributed by atoms with E-state index in [9.17, 15) is 4.39 Å². The second-order valence-electron chi connectivity index (χ2n) is 4.30. The number of hydrogen-bond acceptors (Lipinski definition) is 4. The summed E-state index contributed by atoms with van der Waals surface area (Å²) in [5.41, 5.74) is 1.67. The van der Waals surface area contributed by atoms with E-state index >= 15 is 0 Å². The monoisotopic (exact) mass is 260 g/mol. The molecule has 1 aromatic carbocycles. The number of aromatic nitrogens is 2. The highest BCUT2D eigenvalue weighted by Crippen LogP contribution is 2.21. The molecule has 2 N–H and O–H groups in total. The second kappa shape index (κ2) is 6.13. The number of anilines is 3. The number of nitrogens with one attached hydrogen (secondary N) is 2. The minimum absolute atomic E-state index is 0.272. The number of nitrogens with zero attached hydrogens (tertiary/aromatic N) is 2. The molecule has 0 saturated heterocycles. The quantitative estimate of drug-likeness (QED) is 0.864. The van der Waals surface area contributed by atoms with Gasteiger partial charge in [0.15, 0.2) is 0 Å². The summed E-state index contributed by atoms with van der Waals surface area (Å²) in [4.78, 5) is 8.25. The molecular formula is C14H17FN4. The Morgan fingerprint density at radius 3 is 2.74 bits per heavy atom. The maximum atomic E-state index is 13.2. The first-order valence-corrected chi connectivity index (χ1v) is 6.28. The molecule has 2 rings (SSSR count). The summed E-state index contributed by atoms with van der Waals surface area (Å²) in [6.07, 6.45) is 2.50. The summed E-state index contributed by atoms with van der Waals surface area (Å²) in [6.45, 7) is 4.86. The first-order chi connectivity index (χ1) is 9.19. The van der Waals surface area contributed by atoms with Gasteiger partial charge in [-0.25, -0.2) is 14.4 Å². The third-order valence-electron chi connectivity index (χ3n) is 2.69. The lowest BCUT2D eigenvalue weighted by atomic mass is 10.2. The van der Waals surface area contributed by atoms with Gasteiger partial charge in [0.1, 0.15) is 23.8 Å². The third kappa shape index (κ3) is 3.64. The van der Waals surface area contributed by atoms with E-state index in [4.69, 9.17) is 0 Å². The van der Waals surface area contributed by atoms with Gasteiger partial charge in [-0.3, -0.25) is 0 Å². The molecule has 0 fully saturated rings. The molecule has 2 aromatic rings. The van der Waals surface area contributed by atoms with Crippen molar-refractivity contribution < 1.29 is 4.39 Å². The van der Waals surface area contributed by atoms with Gasteiger partial charge in [0.05, 0.1) is 0 Å². The largest absolute Gasteiger partial charge is 0.370 e. The van der Waals surface area contributed by atoms with E-state index in [0.29, 0.717) is 11.5 Å². The van der Waals surface area contributed by atoms with Crippen LogP contribution >= 0.6 is 0 Å². The molecule has 0 spiro atoms. The molecule has 100 valence electrons. The Balaban J connectivity index is 2.16. The second-order valence-corrected chi connectivity index (χ2v) is 4.30. The highest BCUT2D eigenvalue weighted by atomic mass is 19.1. The minimum atomic E-state index is -0.272. The van der Waals surface area contributed by atoms with Crippen molar-refractivity contribution >= 4 is 17.3 Å². The summed E-state index contributed by atoms with van der Waals surface area (Å²) >= 11 is 0. The van der Waals surface area contributed by atoms with Crippen LogP contribution in [0.1, 0.15) is 18.9 Å². The van der Waals surface area contributed by atoms with E-state index in [0.717, 1.165) is 24.3 Å². The van der Waals surface area contributed by atoms with E-state index in [1.807, 2.05) is 6.92 Å². The molecule has 1 heterocycles. The van der Waals surface area contributed by atoms with Crippen molar-refractivity contribution in [2.45, 2.75) is 20.3 Å². The first-order valence-electron chi connectivity index (χ1n) is 6.28. The normalized spacial score (nSPS) is 10.3. The molecule has 5 heteroatoms. The van der Waals surface area contributed by atoms with Crippen LogP contribution in [0.15, 0.2) is 30.6 Å². The van der Waals surface area contributed by atoms with Gasteiger partial charge in [-0.15, -0.1) is 0 Å². The SMILES string of the molecule is CCCNc1cc(Nc2cc(F)ccc2C)ncn1. The standard InChI is InChI=1S/C14H17FN4/c1-3-6-16-13-8-14(18-9-17-13)19-12-7-11(15)5-4-10(12)2/h4-5,7-9H,3,6H2,1-2H3,(H2,16,17,18,19). The van der Waals surface area contributed by atoms with Crippen molar-refractivity contribution in [3.63, 3.8) is 0 Å². The van der Waals surface area contributed by atoms with Crippen LogP contribution in [0.25, 0.3) is 0 Å². The molecule has 0 bridgehead atoms. The van der Waals surface area contributed by atoms with E-state index in [-0.39, 0.29) is 5.82 Å². The van der Waals surface area contributed by atoms with Crippen molar-refractivity contribution in [2.24, 2.45) is 0 Å². The van der Waals surface area contributed by atoms with E-state index in [1.54, 1.807) is 12.1 Å². The minimum Gasteiger partial charge on any atom is -0.370 e. The molecule has 0 aliphatic rings. The number of halogens is 1. The zero-order valence-corrected chi connectivity index (χ0v) is 11.1. The Labute approximate surface area is 112 Å². The van der Waals surface area contributed by atoms with Crippen LogP contribution in [-0.2, 0) is 0 Å². The van der Waals surface area contributed by atoms with Crippen LogP contribution in [0.2, 0.25) is 0 Å². The van der Waals surface area contributed by atoms with Crippen molar-refractivity contribution in [1.29, 1.82) is 0 Å². The van der Waals surface area contributed by atoms with E-state index in [1.165, 1.54) is 18.5 Å². The Kier molecular flexibility index (Phi) is 4.28. The summed E-state index contributed by atoms with van der Waals surface area (Å²) in [5, 5.41) is 6.28. The number of aryl methyl sites for hydroxylation is 1. The van der Waals surface area contributed by atoms with Gasteiger partial charge >= 0.3 is 0 Å². The van der Waals surface area contributed by atoms with E-state index in [2.05, 4.69) is 27.5 Å². The van der Waals surface area contributed by atoms with Crippen molar-refractivity contribution in [3.8, 4) is 0 Å². The summed E-state index contributed by atoms with van der Waals surface area (Å²) < 4.78 is 13.2. The summed E-state index contributed by atoms with van der Waals surface area (Å²) in [6, 6.07) is 6.43. The van der Waals surface area contributed by atoms with Gasteiger partial charge < -0.3 is 10.6 Å². The van der Waals surface area contributed by atoms with Crippen LogP contribution in [0.5, 0.6) is 0 Å². The fraction of sp³-hybridized carbons (Fsp3) is 0.286. The first kappa shape index (κ1) is 13.3. The van der Waals surface area contributed by atoms with Crippen molar-refractivity contribution in [1.82, 2.24) is 9.97 Å². The predicted molar refractivity (Wildman–Crippen MR) is 75.2 cm³/mol. The Morgan fingerprint density at radius 1 is 1.16 bits per heavy atom. The highest BCUT2D eigenvalue weighted by Gasteiger charge is 2.03. The van der Waals surface area contributed by atoms with Crippen LogP contribution in [0.4, 0.5) is 21.7 Å². The Bertz CT molecular complexity index is 557. The van der Waals surface area contributed by atoms with Gasteiger partial charge in [0.2, 0.25) is 0 Å². The molecule has 1 aromatic heterocycles. The molecule has 4 nitrogen and oxygen atoms in total. The lowest BCUT2D eigenvalue weighted by Crippen LogP contribution is -2.04. The van der Waals surface area contributed by atoms with Gasteiger partial charge in [0.25, 0.3) is 0 Å². The number of rotatable bonds is 5. The van der Waals surface area contributed by atoms with Crippen LogP contribution in [0, 0.1) is 12.7 Å². The number of benzene rings is 1. The van der Waals surface area contributed by atoms with Gasteiger partial charge in [-0.05, 0) is 31.0 Å². The zero-order chi connectivity index (χ0) is 13.7. The number of hydrogen-bond donors (Lipinski definition) is 2. The lowest BCUT2D eigenvalue weighted by molar-refractivity contribution is 0.628. The fourth-order valence-electron chi connectivity index (χ4n) is 1.64. The van der Waals surface area contributed by atoms with Crippen molar-refractivity contribution in [2.75, 3.05) is 17.2 Å². The third-order valence-corrected chi connectivity index (χ3v) is 2.69. The molecule has 0 radical (unpaired) electrons. The highest BCUT2D eigenvalue weighted by molar-refractivity contribution is 5.62. The van der Waals surface area contributed by atoms with Crippen LogP contribution < -0.4 is 10.6 Å². The molecule has 0 aliphatic carbocycles. The predicted octanol–water partition coefficient (Wildman–Crippen LogP) is 3.49. The smallest absolute Gasteiger partial charge is 0.135 e. The zero-order valence-electron chi connectivity index (χ0n) is 11.1. The fourth-order valence-corrected chi connectivity index (χ4v) is 1.64. The average Bonchev–Trinajstić information content (AvgIpc) is 2.41. The molecule has 0 atom stereocenters. The molecule has 0 saturated carbocycles. The Hall–Kier alpha value is -2.17. The maximum Gasteiger partial charge on any atom is 0.135 e.